The summed E-state index contributed by atoms with van der Waals surface area (Å²) in [6.45, 7) is 9.46. The molecular formula is C15H33IN4O. The average molecular weight is 412 g/mol. The number of guanidine groups is 1. The van der Waals surface area contributed by atoms with Gasteiger partial charge in [-0.05, 0) is 25.8 Å². The maximum atomic E-state index is 5.36. The first-order valence-electron chi connectivity index (χ1n) is 7.99. The molecule has 0 spiro atoms. The maximum Gasteiger partial charge on any atom is 0.193 e. The molecule has 1 heterocycles. The molecule has 0 atom stereocenters. The molecule has 0 saturated carbocycles. The molecule has 1 rings (SSSR count). The van der Waals surface area contributed by atoms with Gasteiger partial charge in [-0.25, -0.2) is 0 Å². The molecule has 1 saturated heterocycles. The third kappa shape index (κ3) is 9.52. The molecule has 0 aromatic carbocycles. The molecule has 0 aliphatic carbocycles. The lowest BCUT2D eigenvalue weighted by molar-refractivity contribution is 0.0372. The topological polar surface area (TPSA) is 40.1 Å². The molecule has 0 unspecified atom stereocenters. The number of hydrogen-bond acceptors (Lipinski definition) is 3. The van der Waals surface area contributed by atoms with E-state index in [0.29, 0.717) is 0 Å². The zero-order valence-electron chi connectivity index (χ0n) is 13.9. The second kappa shape index (κ2) is 13.6. The summed E-state index contributed by atoms with van der Waals surface area (Å²) in [6, 6.07) is 0. The molecule has 126 valence electrons. The van der Waals surface area contributed by atoms with Crippen LogP contribution in [0.5, 0.6) is 0 Å². The van der Waals surface area contributed by atoms with Gasteiger partial charge in [-0.1, -0.05) is 13.3 Å². The van der Waals surface area contributed by atoms with E-state index in [4.69, 9.17) is 4.74 Å². The van der Waals surface area contributed by atoms with Crippen LogP contribution in [0, 0.1) is 0 Å². The number of unbranched alkanes of at least 4 members (excludes halogenated alkanes) is 2. The van der Waals surface area contributed by atoms with Gasteiger partial charge in [0.1, 0.15) is 0 Å². The largest absolute Gasteiger partial charge is 0.379 e. The van der Waals surface area contributed by atoms with Crippen molar-refractivity contribution >= 4 is 29.9 Å². The highest BCUT2D eigenvalue weighted by atomic mass is 127. The van der Waals surface area contributed by atoms with Gasteiger partial charge in [-0.15, -0.1) is 24.0 Å². The Kier molecular flexibility index (Phi) is 13.5. The molecule has 5 nitrogen and oxygen atoms in total. The summed E-state index contributed by atoms with van der Waals surface area (Å²) in [5, 5.41) is 3.45. The Hall–Kier alpha value is -0.0800. The first kappa shape index (κ1) is 20.9. The van der Waals surface area contributed by atoms with Crippen LogP contribution in [0.4, 0.5) is 0 Å². The van der Waals surface area contributed by atoms with Crippen LogP contribution in [0.15, 0.2) is 4.99 Å². The van der Waals surface area contributed by atoms with E-state index in [2.05, 4.69) is 34.1 Å². The fraction of sp³-hybridized carbons (Fsp3) is 0.933. The minimum atomic E-state index is 0. The van der Waals surface area contributed by atoms with E-state index >= 15 is 0 Å². The summed E-state index contributed by atoms with van der Waals surface area (Å²) in [4.78, 5) is 9.04. The second-order valence-corrected chi connectivity index (χ2v) is 5.41. The number of ether oxygens (including phenoxy) is 1. The number of aliphatic imine (C=N–C) groups is 1. The lowest BCUT2D eigenvalue weighted by atomic mass is 10.2. The van der Waals surface area contributed by atoms with Gasteiger partial charge in [0.25, 0.3) is 0 Å². The summed E-state index contributed by atoms with van der Waals surface area (Å²) >= 11 is 0. The van der Waals surface area contributed by atoms with Crippen molar-refractivity contribution in [3.63, 3.8) is 0 Å². The van der Waals surface area contributed by atoms with Crippen molar-refractivity contribution < 1.29 is 4.74 Å². The van der Waals surface area contributed by atoms with Crippen LogP contribution in [0.25, 0.3) is 0 Å². The molecule has 1 fully saturated rings. The standard InChI is InChI=1S/C15H32N4O.HI/c1-4-5-9-18(3)15(16-2)17-8-6-7-10-19-11-13-20-14-12-19;/h4-14H2,1-3H3,(H,16,17);1H. The quantitative estimate of drug-likeness (QED) is 0.287. The number of nitrogens with zero attached hydrogens (tertiary/aromatic N) is 3. The van der Waals surface area contributed by atoms with Crippen molar-refractivity contribution in [1.29, 1.82) is 0 Å². The lowest BCUT2D eigenvalue weighted by Crippen LogP contribution is -2.40. The van der Waals surface area contributed by atoms with E-state index in [1.165, 1.54) is 32.2 Å². The highest BCUT2D eigenvalue weighted by Crippen LogP contribution is 2.00. The minimum absolute atomic E-state index is 0. The molecule has 0 bridgehead atoms. The van der Waals surface area contributed by atoms with Gasteiger partial charge in [-0.3, -0.25) is 9.89 Å². The van der Waals surface area contributed by atoms with E-state index in [-0.39, 0.29) is 24.0 Å². The van der Waals surface area contributed by atoms with Crippen LogP contribution in [0.3, 0.4) is 0 Å². The van der Waals surface area contributed by atoms with Crippen molar-refractivity contribution in [2.24, 2.45) is 4.99 Å². The van der Waals surface area contributed by atoms with Gasteiger partial charge in [0, 0.05) is 40.3 Å². The minimum Gasteiger partial charge on any atom is -0.379 e. The predicted molar refractivity (Wildman–Crippen MR) is 101 cm³/mol. The van der Waals surface area contributed by atoms with Crippen molar-refractivity contribution in [3.05, 3.63) is 0 Å². The summed E-state index contributed by atoms with van der Waals surface area (Å²) in [5.74, 6) is 1.02. The third-order valence-electron chi connectivity index (χ3n) is 3.71. The van der Waals surface area contributed by atoms with Crippen LogP contribution in [0.1, 0.15) is 32.6 Å². The normalized spacial score (nSPS) is 16.4. The molecule has 1 aliphatic rings. The van der Waals surface area contributed by atoms with E-state index in [1.807, 2.05) is 7.05 Å². The number of rotatable bonds is 8. The molecule has 1 N–H and O–H groups in total. The van der Waals surface area contributed by atoms with Crippen LogP contribution in [-0.4, -0.2) is 75.8 Å². The highest BCUT2D eigenvalue weighted by molar-refractivity contribution is 14.0. The van der Waals surface area contributed by atoms with Crippen LogP contribution in [0.2, 0.25) is 0 Å². The molecule has 0 amide bonds. The first-order valence-corrected chi connectivity index (χ1v) is 7.99. The molecular weight excluding hydrogens is 379 g/mol. The van der Waals surface area contributed by atoms with E-state index in [1.54, 1.807) is 0 Å². The van der Waals surface area contributed by atoms with Crippen molar-refractivity contribution in [1.82, 2.24) is 15.1 Å². The zero-order valence-corrected chi connectivity index (χ0v) is 16.3. The van der Waals surface area contributed by atoms with Gasteiger partial charge in [0.15, 0.2) is 5.96 Å². The molecule has 21 heavy (non-hydrogen) atoms. The van der Waals surface area contributed by atoms with Gasteiger partial charge in [0.05, 0.1) is 13.2 Å². The highest BCUT2D eigenvalue weighted by Gasteiger charge is 2.09. The molecule has 1 aliphatic heterocycles. The summed E-state index contributed by atoms with van der Waals surface area (Å²) in [5.41, 5.74) is 0. The first-order chi connectivity index (χ1) is 9.77. The average Bonchev–Trinajstić information content (AvgIpc) is 2.49. The zero-order chi connectivity index (χ0) is 14.6. The fourth-order valence-corrected chi connectivity index (χ4v) is 2.37. The predicted octanol–water partition coefficient (Wildman–Crippen LogP) is 2.02. The summed E-state index contributed by atoms with van der Waals surface area (Å²) in [7, 11) is 3.97. The van der Waals surface area contributed by atoms with Gasteiger partial charge < -0.3 is 15.0 Å². The Morgan fingerprint density at radius 1 is 1.24 bits per heavy atom. The Bertz CT molecular complexity index is 270. The maximum absolute atomic E-state index is 5.36. The van der Waals surface area contributed by atoms with Crippen molar-refractivity contribution in [2.75, 3.05) is 60.0 Å². The van der Waals surface area contributed by atoms with Crippen molar-refractivity contribution in [3.8, 4) is 0 Å². The van der Waals surface area contributed by atoms with E-state index in [0.717, 1.165) is 45.4 Å². The Morgan fingerprint density at radius 2 is 1.95 bits per heavy atom. The Labute approximate surface area is 147 Å². The van der Waals surface area contributed by atoms with Crippen molar-refractivity contribution in [2.45, 2.75) is 32.6 Å². The molecule has 0 aromatic heterocycles. The van der Waals surface area contributed by atoms with Crippen LogP contribution < -0.4 is 5.32 Å². The third-order valence-corrected chi connectivity index (χ3v) is 3.71. The van der Waals surface area contributed by atoms with Gasteiger partial charge in [0.2, 0.25) is 0 Å². The second-order valence-electron chi connectivity index (χ2n) is 5.41. The van der Waals surface area contributed by atoms with E-state index in [9.17, 15) is 0 Å². The Morgan fingerprint density at radius 3 is 2.57 bits per heavy atom. The Balaban J connectivity index is 0.00000400. The molecule has 0 radical (unpaired) electrons. The van der Waals surface area contributed by atoms with Gasteiger partial charge in [-0.2, -0.15) is 0 Å². The number of nitrogens with one attached hydrogen (secondary N) is 1. The molecule has 6 heteroatoms. The summed E-state index contributed by atoms with van der Waals surface area (Å²) < 4.78 is 5.36. The fourth-order valence-electron chi connectivity index (χ4n) is 2.37. The number of halogens is 1. The molecule has 0 aromatic rings. The van der Waals surface area contributed by atoms with Crippen LogP contribution in [-0.2, 0) is 4.74 Å². The van der Waals surface area contributed by atoms with Crippen LogP contribution >= 0.6 is 24.0 Å². The summed E-state index contributed by atoms with van der Waals surface area (Å²) in [6.07, 6.45) is 4.87. The van der Waals surface area contributed by atoms with Gasteiger partial charge >= 0.3 is 0 Å². The number of morpholine rings is 1. The lowest BCUT2D eigenvalue weighted by Gasteiger charge is -2.26. The number of hydrogen-bond donors (Lipinski definition) is 1. The smallest absolute Gasteiger partial charge is 0.193 e. The van der Waals surface area contributed by atoms with E-state index < -0.39 is 0 Å². The SMILES string of the molecule is CCCCN(C)C(=NC)NCCCCN1CCOCC1.I. The monoisotopic (exact) mass is 412 g/mol.